The molecule has 1 N–H and O–H groups in total. The minimum atomic E-state index is -2.75. The Kier molecular flexibility index (Phi) is 7.73. The molecule has 11 heteroatoms. The van der Waals surface area contributed by atoms with Crippen LogP contribution >= 0.6 is 11.3 Å². The second-order valence-electron chi connectivity index (χ2n) is 7.83. The summed E-state index contributed by atoms with van der Waals surface area (Å²) >= 11 is 1.30. The lowest BCUT2D eigenvalue weighted by molar-refractivity contribution is 0.112. The van der Waals surface area contributed by atoms with E-state index < -0.39 is 22.5 Å². The number of aldehydes is 1. The lowest BCUT2D eigenvalue weighted by atomic mass is 9.94. The van der Waals surface area contributed by atoms with Crippen LogP contribution in [0.15, 0.2) is 64.2 Å². The molecule has 2 heterocycles. The second kappa shape index (κ2) is 10.9. The first-order valence-corrected chi connectivity index (χ1v) is 12.8. The summed E-state index contributed by atoms with van der Waals surface area (Å²) in [6.45, 7) is 0.158. The molecule has 2 aromatic heterocycles. The van der Waals surface area contributed by atoms with Gasteiger partial charge in [-0.25, -0.2) is 21.9 Å². The number of ether oxygens (including phenoxy) is 1. The molecule has 0 radical (unpaired) electrons. The fourth-order valence-electron chi connectivity index (χ4n) is 3.68. The van der Waals surface area contributed by atoms with E-state index in [4.69, 9.17) is 4.74 Å². The molecule has 0 aliphatic carbocycles. The van der Waals surface area contributed by atoms with Crippen molar-refractivity contribution in [1.82, 2.24) is 9.29 Å². The predicted octanol–water partition coefficient (Wildman–Crippen LogP) is 4.32. The van der Waals surface area contributed by atoms with Gasteiger partial charge in [0.05, 0.1) is 0 Å². The van der Waals surface area contributed by atoms with Gasteiger partial charge in [0.25, 0.3) is 5.56 Å². The number of carbonyl (C=O) groups is 1. The van der Waals surface area contributed by atoms with Crippen molar-refractivity contribution in [1.29, 1.82) is 0 Å². The zero-order chi connectivity index (χ0) is 25.8. The van der Waals surface area contributed by atoms with Crippen LogP contribution in [0.3, 0.4) is 0 Å². The van der Waals surface area contributed by atoms with Crippen LogP contribution in [0.2, 0.25) is 0 Å². The number of hydrogen-bond donors (Lipinski definition) is 2. The van der Waals surface area contributed by atoms with Crippen LogP contribution in [0.25, 0.3) is 22.3 Å². The molecule has 36 heavy (non-hydrogen) atoms. The lowest BCUT2D eigenvalue weighted by Crippen LogP contribution is -2.16. The molecule has 0 amide bonds. The zero-order valence-corrected chi connectivity index (χ0v) is 20.6. The van der Waals surface area contributed by atoms with Crippen molar-refractivity contribution in [3.63, 3.8) is 0 Å². The molecule has 0 saturated heterocycles. The van der Waals surface area contributed by atoms with Gasteiger partial charge in [-0.3, -0.25) is 9.59 Å². The van der Waals surface area contributed by atoms with Gasteiger partial charge in [0, 0.05) is 59.6 Å². The van der Waals surface area contributed by atoms with Crippen molar-refractivity contribution in [2.45, 2.75) is 6.42 Å². The van der Waals surface area contributed by atoms with E-state index in [9.17, 15) is 26.8 Å². The van der Waals surface area contributed by atoms with Gasteiger partial charge in [-0.1, -0.05) is 6.07 Å². The summed E-state index contributed by atoms with van der Waals surface area (Å²) in [5.74, 6) is -1.63. The quantitative estimate of drug-likeness (QED) is 0.248. The predicted molar refractivity (Wildman–Crippen MR) is 134 cm³/mol. The molecule has 7 nitrogen and oxygen atoms in total. The molecule has 2 aromatic carbocycles. The van der Waals surface area contributed by atoms with E-state index in [-0.39, 0.29) is 23.6 Å². The van der Waals surface area contributed by atoms with E-state index in [1.807, 2.05) is 0 Å². The average molecular weight is 531 g/mol. The Balaban J connectivity index is 1.91. The minimum absolute atomic E-state index is 0.158. The highest BCUT2D eigenvalue weighted by atomic mass is 32.2. The standard InChI is InChI=1S/C25H20F2N2O5S2/c1-29-11-20(18(10-25(29)31)21-14-35-13-16(21)12-30)19-8-15(6-7-28-36(32)33)2-4-23(19)34-24-5-3-17(26)9-22(24)27/h2-5,8-14,36H,6-7H2,1H3,(H,28,32,33). The lowest BCUT2D eigenvalue weighted by Gasteiger charge is -2.17. The van der Waals surface area contributed by atoms with E-state index in [1.54, 1.807) is 42.2 Å². The number of carbonyl (C=O) groups excluding carboxylic acids is 1. The monoisotopic (exact) mass is 530 g/mol. The van der Waals surface area contributed by atoms with Crippen LogP contribution < -0.4 is 15.0 Å². The van der Waals surface area contributed by atoms with Crippen molar-refractivity contribution in [2.24, 2.45) is 7.05 Å². The van der Waals surface area contributed by atoms with Crippen LogP contribution in [0.1, 0.15) is 15.9 Å². The number of aromatic nitrogens is 1. The van der Waals surface area contributed by atoms with Crippen molar-refractivity contribution in [2.75, 3.05) is 6.54 Å². The summed E-state index contributed by atoms with van der Waals surface area (Å²) in [4.78, 5) is 24.2. The third-order valence-corrected chi connectivity index (χ3v) is 6.68. The molecule has 0 fully saturated rings. The Morgan fingerprint density at radius 2 is 1.78 bits per heavy atom. The largest absolute Gasteiger partial charge is 0.454 e. The fraction of sp³-hybridized carbons (Fsp3) is 0.120. The Morgan fingerprint density at radius 3 is 2.50 bits per heavy atom. The number of halogens is 2. The summed E-state index contributed by atoms with van der Waals surface area (Å²) in [6, 6.07) is 9.38. The first kappa shape index (κ1) is 25.4. The third-order valence-electron chi connectivity index (χ3n) is 5.44. The van der Waals surface area contributed by atoms with Gasteiger partial charge in [0.2, 0.25) is 10.9 Å². The van der Waals surface area contributed by atoms with Gasteiger partial charge in [-0.2, -0.15) is 11.3 Å². The third kappa shape index (κ3) is 5.59. The normalized spacial score (nSPS) is 11.1. The maximum absolute atomic E-state index is 14.4. The van der Waals surface area contributed by atoms with Gasteiger partial charge in [-0.15, -0.1) is 0 Å². The number of aryl methyl sites for hydroxylation is 1. The number of benzene rings is 2. The highest BCUT2D eigenvalue weighted by Gasteiger charge is 2.19. The molecular formula is C25H20F2N2O5S2. The molecule has 186 valence electrons. The van der Waals surface area contributed by atoms with Crippen LogP contribution in [-0.2, 0) is 24.4 Å². The number of nitrogens with one attached hydrogen (secondary N) is 1. The Morgan fingerprint density at radius 1 is 1.00 bits per heavy atom. The van der Waals surface area contributed by atoms with E-state index in [0.29, 0.717) is 46.6 Å². The van der Waals surface area contributed by atoms with Gasteiger partial charge in [0.15, 0.2) is 17.9 Å². The molecule has 0 atom stereocenters. The highest BCUT2D eigenvalue weighted by Crippen LogP contribution is 2.41. The van der Waals surface area contributed by atoms with Crippen LogP contribution in [0.5, 0.6) is 11.5 Å². The minimum Gasteiger partial charge on any atom is -0.454 e. The fourth-order valence-corrected chi connectivity index (χ4v) is 4.78. The molecule has 0 aliphatic rings. The molecule has 0 unspecified atom stereocenters. The molecule has 0 spiro atoms. The van der Waals surface area contributed by atoms with Gasteiger partial charge in [-0.05, 0) is 47.2 Å². The molecule has 4 aromatic rings. The van der Waals surface area contributed by atoms with E-state index in [0.717, 1.165) is 11.6 Å². The summed E-state index contributed by atoms with van der Waals surface area (Å²) in [7, 11) is -1.18. The Labute approximate surface area is 210 Å². The maximum Gasteiger partial charge on any atom is 0.250 e. The first-order valence-electron chi connectivity index (χ1n) is 10.6. The average Bonchev–Trinajstić information content (AvgIpc) is 3.31. The number of rotatable bonds is 9. The topological polar surface area (TPSA) is 94.5 Å². The number of nitrogens with zero attached hydrogens (tertiary/aromatic N) is 1. The van der Waals surface area contributed by atoms with E-state index >= 15 is 0 Å². The van der Waals surface area contributed by atoms with Crippen LogP contribution in [0, 0.1) is 11.6 Å². The van der Waals surface area contributed by atoms with Crippen molar-refractivity contribution in [3.8, 4) is 33.8 Å². The number of thiol groups is 1. The van der Waals surface area contributed by atoms with E-state index in [2.05, 4.69) is 4.72 Å². The first-order chi connectivity index (χ1) is 17.3. The smallest absolute Gasteiger partial charge is 0.250 e. The molecule has 4 rings (SSSR count). The number of pyridine rings is 1. The number of hydrogen-bond acceptors (Lipinski definition) is 6. The molecule has 0 bridgehead atoms. The van der Waals surface area contributed by atoms with Crippen molar-refractivity contribution >= 4 is 28.5 Å². The summed E-state index contributed by atoms with van der Waals surface area (Å²) in [6.07, 6.45) is 2.63. The van der Waals surface area contributed by atoms with Gasteiger partial charge >= 0.3 is 0 Å². The molecule has 0 aliphatic heterocycles. The summed E-state index contributed by atoms with van der Waals surface area (Å²) in [5, 5.41) is 3.42. The molecule has 0 saturated carbocycles. The van der Waals surface area contributed by atoms with Crippen molar-refractivity contribution in [3.05, 3.63) is 92.5 Å². The van der Waals surface area contributed by atoms with Crippen LogP contribution in [0.4, 0.5) is 8.78 Å². The second-order valence-corrected chi connectivity index (χ2v) is 9.41. The number of thiophene rings is 1. The zero-order valence-electron chi connectivity index (χ0n) is 18.9. The van der Waals surface area contributed by atoms with Crippen LogP contribution in [-0.4, -0.2) is 25.8 Å². The summed E-state index contributed by atoms with van der Waals surface area (Å²) in [5.41, 5.74) is 2.87. The maximum atomic E-state index is 14.4. The Bertz CT molecular complexity index is 1570. The van der Waals surface area contributed by atoms with Gasteiger partial charge in [0.1, 0.15) is 11.6 Å². The van der Waals surface area contributed by atoms with Gasteiger partial charge < -0.3 is 9.30 Å². The summed E-state index contributed by atoms with van der Waals surface area (Å²) < 4.78 is 59.1. The SMILES string of the molecule is Cn1cc(-c2cc(CCN[SH](=O)=O)ccc2Oc2ccc(F)cc2F)c(-c2cscc2C=O)cc1=O. The molecular weight excluding hydrogens is 510 g/mol. The van der Waals surface area contributed by atoms with Crippen molar-refractivity contribution < 1.29 is 26.7 Å². The van der Waals surface area contributed by atoms with E-state index in [1.165, 1.54) is 28.0 Å². The highest BCUT2D eigenvalue weighted by molar-refractivity contribution is 7.70. The Hall–Kier alpha value is -3.67.